The smallest absolute Gasteiger partial charge is 0.315 e. The van der Waals surface area contributed by atoms with Gasteiger partial charge in [-0.05, 0) is 31.0 Å². The van der Waals surface area contributed by atoms with E-state index >= 15 is 0 Å². The summed E-state index contributed by atoms with van der Waals surface area (Å²) in [5.41, 5.74) is -0.591. The third-order valence-corrected chi connectivity index (χ3v) is 4.51. The van der Waals surface area contributed by atoms with Crippen molar-refractivity contribution in [3.63, 3.8) is 0 Å². The standard InChI is InChI=1S/C13H15Cl2NO3/c1-13(12(18)19,11-5-8(17)6-16-11)7-2-3-9(14)10(15)4-7/h2-4,8,11,16-17H,5-6H2,1H3,(H,18,19)/t8-,11+,13-/m1/s1. The Labute approximate surface area is 121 Å². The predicted octanol–water partition coefficient (Wildman–Crippen LogP) is 2.06. The van der Waals surface area contributed by atoms with E-state index in [4.69, 9.17) is 23.2 Å². The highest BCUT2D eigenvalue weighted by molar-refractivity contribution is 6.42. The molecule has 2 rings (SSSR count). The molecule has 19 heavy (non-hydrogen) atoms. The number of benzene rings is 1. The lowest BCUT2D eigenvalue weighted by molar-refractivity contribution is -0.144. The molecule has 0 saturated carbocycles. The maximum absolute atomic E-state index is 11.7. The summed E-state index contributed by atoms with van der Waals surface area (Å²) in [4.78, 5) is 11.7. The largest absolute Gasteiger partial charge is 0.481 e. The van der Waals surface area contributed by atoms with Gasteiger partial charge in [0.25, 0.3) is 0 Å². The van der Waals surface area contributed by atoms with Gasteiger partial charge in [-0.2, -0.15) is 0 Å². The van der Waals surface area contributed by atoms with Crippen molar-refractivity contribution < 1.29 is 15.0 Å². The van der Waals surface area contributed by atoms with Crippen LogP contribution in [-0.4, -0.2) is 34.9 Å². The fraction of sp³-hybridized carbons (Fsp3) is 0.462. The average Bonchev–Trinajstić information content (AvgIpc) is 2.78. The van der Waals surface area contributed by atoms with E-state index in [-0.39, 0.29) is 6.04 Å². The van der Waals surface area contributed by atoms with Gasteiger partial charge in [-0.1, -0.05) is 29.3 Å². The lowest BCUT2D eigenvalue weighted by Gasteiger charge is -2.32. The Bertz CT molecular complexity index is 509. The first-order valence-corrected chi connectivity index (χ1v) is 6.71. The first-order chi connectivity index (χ1) is 8.85. The number of aliphatic hydroxyl groups excluding tert-OH is 1. The molecule has 6 heteroatoms. The van der Waals surface area contributed by atoms with Gasteiger partial charge >= 0.3 is 5.97 Å². The van der Waals surface area contributed by atoms with Gasteiger partial charge in [-0.15, -0.1) is 0 Å². The molecule has 0 amide bonds. The predicted molar refractivity (Wildman–Crippen MR) is 73.9 cm³/mol. The number of rotatable bonds is 3. The molecule has 3 atom stereocenters. The lowest BCUT2D eigenvalue weighted by atomic mass is 9.75. The van der Waals surface area contributed by atoms with Crippen molar-refractivity contribution in [1.29, 1.82) is 0 Å². The number of halogens is 2. The summed E-state index contributed by atoms with van der Waals surface area (Å²) in [6, 6.07) is 4.47. The van der Waals surface area contributed by atoms with Gasteiger partial charge in [0, 0.05) is 12.6 Å². The molecular formula is C13H15Cl2NO3. The first kappa shape index (κ1) is 14.6. The summed E-state index contributed by atoms with van der Waals surface area (Å²) in [6.07, 6.45) is -0.130. The summed E-state index contributed by atoms with van der Waals surface area (Å²) < 4.78 is 0. The van der Waals surface area contributed by atoms with Crippen molar-refractivity contribution in [2.24, 2.45) is 0 Å². The van der Waals surface area contributed by atoms with Gasteiger partial charge in [-0.3, -0.25) is 4.79 Å². The fourth-order valence-electron chi connectivity index (χ4n) is 2.45. The average molecular weight is 304 g/mol. The molecule has 1 fully saturated rings. The van der Waals surface area contributed by atoms with Crippen molar-refractivity contribution in [3.05, 3.63) is 33.8 Å². The Morgan fingerprint density at radius 1 is 1.42 bits per heavy atom. The van der Waals surface area contributed by atoms with Gasteiger partial charge < -0.3 is 15.5 Å². The normalized spacial score (nSPS) is 26.1. The Morgan fingerprint density at radius 2 is 2.11 bits per heavy atom. The van der Waals surface area contributed by atoms with Gasteiger partial charge in [0.15, 0.2) is 0 Å². The van der Waals surface area contributed by atoms with Gasteiger partial charge in [0.05, 0.1) is 16.1 Å². The number of carbonyl (C=O) groups is 1. The van der Waals surface area contributed by atoms with Crippen LogP contribution in [-0.2, 0) is 10.2 Å². The van der Waals surface area contributed by atoms with E-state index in [0.717, 1.165) is 0 Å². The summed E-state index contributed by atoms with van der Waals surface area (Å²) >= 11 is 11.8. The number of carboxylic acids is 1. The summed E-state index contributed by atoms with van der Waals surface area (Å²) in [5, 5.41) is 22.9. The number of aliphatic hydroxyl groups is 1. The third kappa shape index (κ3) is 2.58. The molecule has 1 heterocycles. The van der Waals surface area contributed by atoms with Crippen molar-refractivity contribution in [3.8, 4) is 0 Å². The van der Waals surface area contributed by atoms with E-state index in [1.54, 1.807) is 25.1 Å². The minimum absolute atomic E-state index is 0.324. The van der Waals surface area contributed by atoms with Crippen LogP contribution < -0.4 is 5.32 Å². The van der Waals surface area contributed by atoms with Crippen LogP contribution in [0.25, 0.3) is 0 Å². The molecule has 1 aliphatic rings. The molecule has 0 unspecified atom stereocenters. The molecule has 0 spiro atoms. The van der Waals surface area contributed by atoms with Gasteiger partial charge in [-0.25, -0.2) is 0 Å². The van der Waals surface area contributed by atoms with Crippen molar-refractivity contribution in [1.82, 2.24) is 5.32 Å². The second-order valence-electron chi connectivity index (χ2n) is 4.99. The molecule has 0 bridgehead atoms. The highest BCUT2D eigenvalue weighted by atomic mass is 35.5. The zero-order chi connectivity index (χ0) is 14.2. The highest BCUT2D eigenvalue weighted by Crippen LogP contribution is 2.35. The summed E-state index contributed by atoms with van der Waals surface area (Å²) in [5.74, 6) is -0.961. The van der Waals surface area contributed by atoms with E-state index in [2.05, 4.69) is 5.32 Å². The molecule has 1 aromatic carbocycles. The second kappa shape index (κ2) is 5.29. The molecule has 3 N–H and O–H groups in total. The number of hydrogen-bond acceptors (Lipinski definition) is 3. The third-order valence-electron chi connectivity index (χ3n) is 3.77. The Morgan fingerprint density at radius 3 is 2.58 bits per heavy atom. The monoisotopic (exact) mass is 303 g/mol. The van der Waals surface area contributed by atoms with Crippen LogP contribution in [0.15, 0.2) is 18.2 Å². The Balaban J connectivity index is 2.44. The van der Waals surface area contributed by atoms with Gasteiger partial charge in [0.1, 0.15) is 5.41 Å². The number of hydrogen-bond donors (Lipinski definition) is 3. The molecule has 104 valence electrons. The van der Waals surface area contributed by atoms with Crippen molar-refractivity contribution in [2.75, 3.05) is 6.54 Å². The molecule has 1 aliphatic heterocycles. The van der Waals surface area contributed by atoms with Crippen LogP contribution in [0, 0.1) is 0 Å². The zero-order valence-corrected chi connectivity index (χ0v) is 11.9. The topological polar surface area (TPSA) is 69.6 Å². The molecule has 0 radical (unpaired) electrons. The Kier molecular flexibility index (Phi) is 4.06. The summed E-state index contributed by atoms with van der Waals surface area (Å²) in [6.45, 7) is 2.03. The SMILES string of the molecule is C[C@@](C(=O)O)(c1ccc(Cl)c(Cl)c1)[C@@H]1C[C@@H](O)CN1. The minimum Gasteiger partial charge on any atom is -0.481 e. The van der Waals surface area contributed by atoms with Crippen molar-refractivity contribution >= 4 is 29.2 Å². The number of β-amino-alcohol motifs (C(OH)–C–C–N with tert-alkyl or cyclic N) is 1. The van der Waals surface area contributed by atoms with E-state index in [1.807, 2.05) is 0 Å². The summed E-state index contributed by atoms with van der Waals surface area (Å²) in [7, 11) is 0. The van der Waals surface area contributed by atoms with E-state index in [0.29, 0.717) is 28.6 Å². The zero-order valence-electron chi connectivity index (χ0n) is 10.4. The molecule has 0 aliphatic carbocycles. The molecular weight excluding hydrogens is 289 g/mol. The highest BCUT2D eigenvalue weighted by Gasteiger charge is 2.46. The van der Waals surface area contributed by atoms with Crippen LogP contribution >= 0.6 is 23.2 Å². The number of nitrogens with one attached hydrogen (secondary N) is 1. The minimum atomic E-state index is -1.16. The fourth-order valence-corrected chi connectivity index (χ4v) is 2.75. The molecule has 4 nitrogen and oxygen atoms in total. The van der Waals surface area contributed by atoms with Crippen LogP contribution in [0.5, 0.6) is 0 Å². The van der Waals surface area contributed by atoms with Crippen LogP contribution in [0.1, 0.15) is 18.9 Å². The quantitative estimate of drug-likeness (QED) is 0.799. The van der Waals surface area contributed by atoms with E-state index < -0.39 is 17.5 Å². The molecule has 0 aromatic heterocycles. The van der Waals surface area contributed by atoms with E-state index in [9.17, 15) is 15.0 Å². The van der Waals surface area contributed by atoms with Crippen LogP contribution in [0.4, 0.5) is 0 Å². The molecule has 1 saturated heterocycles. The van der Waals surface area contributed by atoms with Crippen LogP contribution in [0.2, 0.25) is 10.0 Å². The maximum Gasteiger partial charge on any atom is 0.315 e. The van der Waals surface area contributed by atoms with Crippen LogP contribution in [0.3, 0.4) is 0 Å². The number of aliphatic carboxylic acids is 1. The second-order valence-corrected chi connectivity index (χ2v) is 5.80. The molecule has 1 aromatic rings. The maximum atomic E-state index is 11.7. The number of carboxylic acid groups (broad SMARTS) is 1. The Hall–Kier alpha value is -0.810. The first-order valence-electron chi connectivity index (χ1n) is 5.96. The van der Waals surface area contributed by atoms with E-state index in [1.165, 1.54) is 0 Å². The lowest BCUT2D eigenvalue weighted by Crippen LogP contribution is -2.48. The van der Waals surface area contributed by atoms with Gasteiger partial charge in [0.2, 0.25) is 0 Å². The van der Waals surface area contributed by atoms with Crippen molar-refractivity contribution in [2.45, 2.75) is 30.9 Å².